The fourth-order valence-corrected chi connectivity index (χ4v) is 0.859. The highest BCUT2D eigenvalue weighted by atomic mass is 15.2. The van der Waals surface area contributed by atoms with Gasteiger partial charge >= 0.3 is 0 Å². The van der Waals surface area contributed by atoms with E-state index in [2.05, 4.69) is 15.3 Å². The van der Waals surface area contributed by atoms with Crippen molar-refractivity contribution in [3.63, 3.8) is 0 Å². The maximum Gasteiger partial charge on any atom is 0.185 e. The van der Waals surface area contributed by atoms with Crippen LogP contribution in [-0.4, -0.2) is 23.6 Å². The molecule has 1 aromatic rings. The first-order chi connectivity index (χ1) is 6.27. The van der Waals surface area contributed by atoms with Crippen LogP contribution >= 0.6 is 0 Å². The highest BCUT2D eigenvalue weighted by molar-refractivity contribution is 5.50. The van der Waals surface area contributed by atoms with Gasteiger partial charge in [-0.2, -0.15) is 5.26 Å². The number of nitrogens with one attached hydrogen (secondary N) is 1. The van der Waals surface area contributed by atoms with Gasteiger partial charge in [0.05, 0.1) is 0 Å². The lowest BCUT2D eigenvalue weighted by Crippen LogP contribution is -2.11. The van der Waals surface area contributed by atoms with Crippen molar-refractivity contribution in [2.24, 2.45) is 0 Å². The SMILES string of the molecule is CCNc1cc(N(C)C#N)ncn1. The number of nitrogens with zero attached hydrogens (tertiary/aromatic N) is 4. The molecule has 13 heavy (non-hydrogen) atoms. The standard InChI is InChI=1S/C8H11N5/c1-3-10-7-4-8(12-6-11-7)13(2)5-9/h4,6H,3H2,1-2H3,(H,10,11,12). The number of anilines is 2. The van der Waals surface area contributed by atoms with Gasteiger partial charge in [-0.05, 0) is 6.92 Å². The molecule has 0 saturated carbocycles. The van der Waals surface area contributed by atoms with Crippen LogP contribution in [0, 0.1) is 11.5 Å². The van der Waals surface area contributed by atoms with Crippen molar-refractivity contribution in [2.45, 2.75) is 6.92 Å². The summed E-state index contributed by atoms with van der Waals surface area (Å²) in [7, 11) is 1.65. The zero-order valence-electron chi connectivity index (χ0n) is 7.65. The van der Waals surface area contributed by atoms with Gasteiger partial charge in [0, 0.05) is 19.7 Å². The van der Waals surface area contributed by atoms with Crippen LogP contribution in [0.2, 0.25) is 0 Å². The Morgan fingerprint density at radius 1 is 1.62 bits per heavy atom. The predicted molar refractivity (Wildman–Crippen MR) is 50.2 cm³/mol. The molecular formula is C8H11N5. The molecule has 0 fully saturated rings. The first-order valence-electron chi connectivity index (χ1n) is 3.97. The highest BCUT2D eigenvalue weighted by Crippen LogP contribution is 2.10. The summed E-state index contributed by atoms with van der Waals surface area (Å²) < 4.78 is 0. The van der Waals surface area contributed by atoms with Crippen LogP contribution in [0.15, 0.2) is 12.4 Å². The average molecular weight is 177 g/mol. The lowest BCUT2D eigenvalue weighted by atomic mass is 10.5. The highest BCUT2D eigenvalue weighted by Gasteiger charge is 2.01. The number of rotatable bonds is 3. The van der Waals surface area contributed by atoms with Crippen LogP contribution < -0.4 is 10.2 Å². The van der Waals surface area contributed by atoms with Gasteiger partial charge in [-0.3, -0.25) is 4.90 Å². The van der Waals surface area contributed by atoms with Crippen molar-refractivity contribution in [3.8, 4) is 6.19 Å². The zero-order chi connectivity index (χ0) is 9.68. The number of nitriles is 1. The third kappa shape index (κ3) is 2.30. The monoisotopic (exact) mass is 177 g/mol. The Balaban J connectivity index is 2.86. The summed E-state index contributed by atoms with van der Waals surface area (Å²) in [5, 5.41) is 11.6. The summed E-state index contributed by atoms with van der Waals surface area (Å²) in [6.07, 6.45) is 3.40. The minimum atomic E-state index is 0.591. The van der Waals surface area contributed by atoms with Crippen molar-refractivity contribution in [1.82, 2.24) is 9.97 Å². The third-order valence-corrected chi connectivity index (χ3v) is 1.50. The van der Waals surface area contributed by atoms with E-state index in [1.54, 1.807) is 13.1 Å². The topological polar surface area (TPSA) is 64.8 Å². The van der Waals surface area contributed by atoms with Crippen LogP contribution in [0.3, 0.4) is 0 Å². The first kappa shape index (κ1) is 9.26. The van der Waals surface area contributed by atoms with Crippen LogP contribution in [-0.2, 0) is 0 Å². The largest absolute Gasteiger partial charge is 0.370 e. The van der Waals surface area contributed by atoms with E-state index >= 15 is 0 Å². The van der Waals surface area contributed by atoms with Crippen LogP contribution in [0.25, 0.3) is 0 Å². The molecule has 5 heteroatoms. The fraction of sp³-hybridized carbons (Fsp3) is 0.375. The summed E-state index contributed by atoms with van der Waals surface area (Å²) in [4.78, 5) is 9.31. The van der Waals surface area contributed by atoms with E-state index in [4.69, 9.17) is 5.26 Å². The molecule has 0 radical (unpaired) electrons. The van der Waals surface area contributed by atoms with Crippen LogP contribution in [0.1, 0.15) is 6.92 Å². The minimum Gasteiger partial charge on any atom is -0.370 e. The fourth-order valence-electron chi connectivity index (χ4n) is 0.859. The number of hydrogen-bond donors (Lipinski definition) is 1. The van der Waals surface area contributed by atoms with Crippen molar-refractivity contribution < 1.29 is 0 Å². The predicted octanol–water partition coefficient (Wildman–Crippen LogP) is 0.826. The molecule has 1 heterocycles. The zero-order valence-corrected chi connectivity index (χ0v) is 7.65. The molecule has 0 aromatic carbocycles. The quantitative estimate of drug-likeness (QED) is 0.547. The van der Waals surface area contributed by atoms with Gasteiger partial charge in [-0.25, -0.2) is 9.97 Å². The van der Waals surface area contributed by atoms with E-state index in [1.807, 2.05) is 13.1 Å². The molecule has 0 unspecified atom stereocenters. The van der Waals surface area contributed by atoms with E-state index < -0.39 is 0 Å². The molecule has 1 aromatic heterocycles. The molecule has 0 saturated heterocycles. The van der Waals surface area contributed by atoms with Gasteiger partial charge in [-0.1, -0.05) is 0 Å². The summed E-state index contributed by atoms with van der Waals surface area (Å²) in [5.41, 5.74) is 0. The minimum absolute atomic E-state index is 0.591. The van der Waals surface area contributed by atoms with E-state index in [9.17, 15) is 0 Å². The second-order valence-corrected chi connectivity index (χ2v) is 2.45. The Labute approximate surface area is 77.0 Å². The Morgan fingerprint density at radius 2 is 2.38 bits per heavy atom. The van der Waals surface area contributed by atoms with Gasteiger partial charge in [0.25, 0.3) is 0 Å². The Kier molecular flexibility index (Phi) is 3.03. The first-order valence-corrected chi connectivity index (χ1v) is 3.97. The molecule has 0 bridgehead atoms. The van der Waals surface area contributed by atoms with E-state index in [0.717, 1.165) is 12.4 Å². The molecule has 5 nitrogen and oxygen atoms in total. The molecule has 1 N–H and O–H groups in total. The smallest absolute Gasteiger partial charge is 0.185 e. The Bertz CT molecular complexity index is 317. The number of aromatic nitrogens is 2. The summed E-state index contributed by atoms with van der Waals surface area (Å²) in [6, 6.07) is 1.73. The summed E-state index contributed by atoms with van der Waals surface area (Å²) >= 11 is 0. The van der Waals surface area contributed by atoms with Crippen molar-refractivity contribution in [3.05, 3.63) is 12.4 Å². The van der Waals surface area contributed by atoms with Crippen molar-refractivity contribution >= 4 is 11.6 Å². The van der Waals surface area contributed by atoms with Gasteiger partial charge in [-0.15, -0.1) is 0 Å². The molecule has 0 aliphatic heterocycles. The maximum atomic E-state index is 8.60. The summed E-state index contributed by atoms with van der Waals surface area (Å²) in [6.45, 7) is 2.78. The molecule has 0 atom stereocenters. The molecule has 1 rings (SSSR count). The Hall–Kier alpha value is -1.83. The van der Waals surface area contributed by atoms with E-state index in [-0.39, 0.29) is 0 Å². The second-order valence-electron chi connectivity index (χ2n) is 2.45. The number of hydrogen-bond acceptors (Lipinski definition) is 5. The van der Waals surface area contributed by atoms with Gasteiger partial charge < -0.3 is 5.32 Å². The molecule has 0 spiro atoms. The molecular weight excluding hydrogens is 166 g/mol. The lowest BCUT2D eigenvalue weighted by molar-refractivity contribution is 1.06. The summed E-state index contributed by atoms with van der Waals surface area (Å²) in [5.74, 6) is 1.32. The average Bonchev–Trinajstić information content (AvgIpc) is 2.18. The maximum absolute atomic E-state index is 8.60. The van der Waals surface area contributed by atoms with Gasteiger partial charge in [0.2, 0.25) is 0 Å². The van der Waals surface area contributed by atoms with Crippen LogP contribution in [0.5, 0.6) is 0 Å². The van der Waals surface area contributed by atoms with Crippen molar-refractivity contribution in [1.29, 1.82) is 5.26 Å². The third-order valence-electron chi connectivity index (χ3n) is 1.50. The van der Waals surface area contributed by atoms with Gasteiger partial charge in [0.15, 0.2) is 6.19 Å². The Morgan fingerprint density at radius 3 is 3.00 bits per heavy atom. The van der Waals surface area contributed by atoms with Crippen molar-refractivity contribution in [2.75, 3.05) is 23.8 Å². The van der Waals surface area contributed by atoms with E-state index in [0.29, 0.717) is 5.82 Å². The molecule has 0 amide bonds. The van der Waals surface area contributed by atoms with E-state index in [1.165, 1.54) is 11.2 Å². The molecule has 0 aliphatic carbocycles. The lowest BCUT2D eigenvalue weighted by Gasteiger charge is -2.08. The second kappa shape index (κ2) is 4.26. The van der Waals surface area contributed by atoms with Crippen LogP contribution in [0.4, 0.5) is 11.6 Å². The molecule has 0 aliphatic rings. The molecule has 68 valence electrons. The van der Waals surface area contributed by atoms with Gasteiger partial charge in [0.1, 0.15) is 18.0 Å². The normalized spacial score (nSPS) is 9.00.